The van der Waals surface area contributed by atoms with Gasteiger partial charge < -0.3 is 4.57 Å². The molecule has 2 aromatic heterocycles. The maximum atomic E-state index is 12.0. The Morgan fingerprint density at radius 3 is 2.70 bits per heavy atom. The molecule has 0 aromatic carbocycles. The van der Waals surface area contributed by atoms with Crippen LogP contribution in [0.25, 0.3) is 11.3 Å². The Bertz CT molecular complexity index is 630. The smallest absolute Gasteiger partial charge is 0.265 e. The number of aromatic nitrogens is 2. The molecule has 2 aromatic rings. The quantitative estimate of drug-likeness (QED) is 0.814. The average molecular weight is 293 g/mol. The van der Waals surface area contributed by atoms with Crippen molar-refractivity contribution in [2.75, 3.05) is 14.2 Å². The summed E-state index contributed by atoms with van der Waals surface area (Å²) in [5, 5.41) is 4.33. The minimum Gasteiger partial charge on any atom is -0.339 e. The molecular formula is C14H19N3O2S. The number of nitrogens with zero attached hydrogens (tertiary/aromatic N) is 3. The summed E-state index contributed by atoms with van der Waals surface area (Å²) >= 11 is 1.63. The van der Waals surface area contributed by atoms with Gasteiger partial charge in [-0.25, -0.2) is 10.0 Å². The van der Waals surface area contributed by atoms with E-state index in [-0.39, 0.29) is 12.5 Å². The summed E-state index contributed by atoms with van der Waals surface area (Å²) in [7, 11) is 3.10. The van der Waals surface area contributed by atoms with Crippen molar-refractivity contribution in [2.45, 2.75) is 27.3 Å². The number of likely N-dealkylation sites (N-methyl/N-ethyl adjacent to an activating group) is 1. The first-order chi connectivity index (χ1) is 9.43. The molecule has 0 saturated carbocycles. The van der Waals surface area contributed by atoms with Crippen molar-refractivity contribution in [3.05, 3.63) is 27.8 Å². The van der Waals surface area contributed by atoms with Crippen molar-refractivity contribution in [3.8, 4) is 11.3 Å². The van der Waals surface area contributed by atoms with E-state index in [1.165, 1.54) is 12.2 Å². The highest BCUT2D eigenvalue weighted by Crippen LogP contribution is 2.27. The molecule has 0 N–H and O–H groups in total. The maximum absolute atomic E-state index is 12.0. The van der Waals surface area contributed by atoms with Gasteiger partial charge in [0.15, 0.2) is 0 Å². The summed E-state index contributed by atoms with van der Waals surface area (Å²) in [6.45, 7) is 6.27. The molecule has 6 heteroatoms. The van der Waals surface area contributed by atoms with Gasteiger partial charge in [0.2, 0.25) is 0 Å². The Labute approximate surface area is 122 Å². The third-order valence-electron chi connectivity index (χ3n) is 3.39. The summed E-state index contributed by atoms with van der Waals surface area (Å²) in [4.78, 5) is 21.4. The fourth-order valence-electron chi connectivity index (χ4n) is 2.13. The Balaban J connectivity index is 2.32. The van der Waals surface area contributed by atoms with Crippen molar-refractivity contribution in [2.24, 2.45) is 0 Å². The first-order valence-electron chi connectivity index (χ1n) is 6.34. The van der Waals surface area contributed by atoms with Gasteiger partial charge in [0.05, 0.1) is 17.8 Å². The van der Waals surface area contributed by atoms with Gasteiger partial charge in [-0.05, 0) is 26.8 Å². The second kappa shape index (κ2) is 5.76. The summed E-state index contributed by atoms with van der Waals surface area (Å²) in [6, 6.07) is 2.07. The lowest BCUT2D eigenvalue weighted by atomic mass is 10.2. The number of aryl methyl sites for hydroxylation is 2. The van der Waals surface area contributed by atoms with E-state index in [2.05, 4.69) is 11.1 Å². The molecule has 0 aliphatic carbocycles. The van der Waals surface area contributed by atoms with Crippen molar-refractivity contribution < 1.29 is 9.63 Å². The number of carbonyl (C=O) groups excluding carboxylic acids is 1. The molecule has 0 aliphatic heterocycles. The number of hydrogen-bond acceptors (Lipinski definition) is 4. The van der Waals surface area contributed by atoms with Crippen LogP contribution in [0.1, 0.15) is 16.4 Å². The fraction of sp³-hybridized carbons (Fsp3) is 0.429. The minimum atomic E-state index is -0.0877. The predicted octanol–water partition coefficient (Wildman–Crippen LogP) is 2.56. The molecule has 0 unspecified atom stereocenters. The molecule has 0 radical (unpaired) electrons. The van der Waals surface area contributed by atoms with E-state index in [0.717, 1.165) is 27.7 Å². The third-order valence-corrected chi connectivity index (χ3v) is 4.16. The highest BCUT2D eigenvalue weighted by Gasteiger charge is 2.16. The van der Waals surface area contributed by atoms with E-state index in [1.807, 2.05) is 30.7 Å². The SMILES string of the molecule is CON(C)C(=O)Cn1c(C)cc(-c2csc(C)n2)c1C. The average Bonchev–Trinajstić information content (AvgIpc) is 2.96. The number of hydrogen-bond donors (Lipinski definition) is 0. The van der Waals surface area contributed by atoms with Crippen molar-refractivity contribution in [1.29, 1.82) is 0 Å². The molecule has 0 bridgehead atoms. The van der Waals surface area contributed by atoms with Crippen LogP contribution >= 0.6 is 11.3 Å². The Kier molecular flexibility index (Phi) is 4.25. The summed E-state index contributed by atoms with van der Waals surface area (Å²) < 4.78 is 1.99. The van der Waals surface area contributed by atoms with Gasteiger partial charge >= 0.3 is 0 Å². The number of amides is 1. The second-order valence-corrected chi connectivity index (χ2v) is 5.76. The topological polar surface area (TPSA) is 47.4 Å². The highest BCUT2D eigenvalue weighted by atomic mass is 32.1. The number of thiazole rings is 1. The van der Waals surface area contributed by atoms with E-state index in [9.17, 15) is 4.79 Å². The van der Waals surface area contributed by atoms with Crippen LogP contribution in [0, 0.1) is 20.8 Å². The maximum Gasteiger partial charge on any atom is 0.265 e. The second-order valence-electron chi connectivity index (χ2n) is 4.70. The van der Waals surface area contributed by atoms with Gasteiger partial charge in [0.25, 0.3) is 5.91 Å². The van der Waals surface area contributed by atoms with E-state index >= 15 is 0 Å². The molecule has 1 amide bonds. The Morgan fingerprint density at radius 1 is 1.45 bits per heavy atom. The third kappa shape index (κ3) is 2.76. The standard InChI is InChI=1S/C14H19N3O2S/c1-9-6-12(13-8-20-11(3)15-13)10(2)17(9)7-14(18)16(4)19-5/h6,8H,7H2,1-5H3. The Hall–Kier alpha value is -1.66. The molecule has 0 spiro atoms. The van der Waals surface area contributed by atoms with Crippen LogP contribution in [-0.2, 0) is 16.2 Å². The van der Waals surface area contributed by atoms with Crippen LogP contribution in [0.5, 0.6) is 0 Å². The number of carbonyl (C=O) groups is 1. The van der Waals surface area contributed by atoms with Crippen molar-refractivity contribution >= 4 is 17.2 Å². The monoisotopic (exact) mass is 293 g/mol. The van der Waals surface area contributed by atoms with Crippen molar-refractivity contribution in [1.82, 2.24) is 14.6 Å². The van der Waals surface area contributed by atoms with E-state index in [4.69, 9.17) is 4.84 Å². The first kappa shape index (κ1) is 14.7. The van der Waals surface area contributed by atoms with Crippen LogP contribution < -0.4 is 0 Å². The van der Waals surface area contributed by atoms with Crippen LogP contribution in [0.3, 0.4) is 0 Å². The lowest BCUT2D eigenvalue weighted by Crippen LogP contribution is -2.29. The largest absolute Gasteiger partial charge is 0.339 e. The minimum absolute atomic E-state index is 0.0877. The molecule has 20 heavy (non-hydrogen) atoms. The zero-order valence-corrected chi connectivity index (χ0v) is 13.2. The molecule has 5 nitrogen and oxygen atoms in total. The van der Waals surface area contributed by atoms with Crippen LogP contribution in [0.2, 0.25) is 0 Å². The molecule has 0 aliphatic rings. The summed E-state index contributed by atoms with van der Waals surface area (Å²) in [5.74, 6) is -0.0877. The molecule has 0 atom stereocenters. The number of hydroxylamine groups is 2. The lowest BCUT2D eigenvalue weighted by molar-refractivity contribution is -0.169. The fourth-order valence-corrected chi connectivity index (χ4v) is 2.74. The van der Waals surface area contributed by atoms with Crippen LogP contribution in [0.4, 0.5) is 0 Å². The van der Waals surface area contributed by atoms with E-state index < -0.39 is 0 Å². The van der Waals surface area contributed by atoms with E-state index in [0.29, 0.717) is 0 Å². The Morgan fingerprint density at radius 2 is 2.15 bits per heavy atom. The van der Waals surface area contributed by atoms with Gasteiger partial charge in [0, 0.05) is 29.4 Å². The molecular weight excluding hydrogens is 274 g/mol. The van der Waals surface area contributed by atoms with Gasteiger partial charge in [-0.15, -0.1) is 11.3 Å². The molecule has 108 valence electrons. The molecule has 0 fully saturated rings. The summed E-state index contributed by atoms with van der Waals surface area (Å²) in [5.41, 5.74) is 4.14. The molecule has 2 heterocycles. The highest BCUT2D eigenvalue weighted by molar-refractivity contribution is 7.09. The van der Waals surface area contributed by atoms with Gasteiger partial charge in [-0.2, -0.15) is 0 Å². The van der Waals surface area contributed by atoms with Gasteiger partial charge in [-0.3, -0.25) is 9.63 Å². The zero-order chi connectivity index (χ0) is 14.9. The normalized spacial score (nSPS) is 10.8. The number of rotatable bonds is 4. The summed E-state index contributed by atoms with van der Waals surface area (Å²) in [6.07, 6.45) is 0. The zero-order valence-electron chi connectivity index (χ0n) is 12.4. The van der Waals surface area contributed by atoms with Crippen LogP contribution in [0.15, 0.2) is 11.4 Å². The lowest BCUT2D eigenvalue weighted by Gasteiger charge is -2.16. The van der Waals surface area contributed by atoms with Gasteiger partial charge in [-0.1, -0.05) is 0 Å². The predicted molar refractivity (Wildman–Crippen MR) is 79.5 cm³/mol. The van der Waals surface area contributed by atoms with Gasteiger partial charge in [0.1, 0.15) is 6.54 Å². The molecule has 0 saturated heterocycles. The first-order valence-corrected chi connectivity index (χ1v) is 7.22. The van der Waals surface area contributed by atoms with Crippen LogP contribution in [-0.4, -0.2) is 34.7 Å². The van der Waals surface area contributed by atoms with Crippen molar-refractivity contribution in [3.63, 3.8) is 0 Å². The van der Waals surface area contributed by atoms with E-state index in [1.54, 1.807) is 18.4 Å². The molecule has 2 rings (SSSR count).